The average Bonchev–Trinajstić information content (AvgIpc) is 3.03. The minimum atomic E-state index is -0.273. The number of nitrogens with one attached hydrogen (secondary N) is 2. The molecule has 0 saturated carbocycles. The van der Waals surface area contributed by atoms with Crippen LogP contribution in [0.25, 0.3) is 0 Å². The lowest BCUT2D eigenvalue weighted by atomic mass is 10.1. The number of carbonyl (C=O) groups excluding carboxylic acids is 1. The fourth-order valence-corrected chi connectivity index (χ4v) is 3.31. The molecule has 1 saturated heterocycles. The zero-order chi connectivity index (χ0) is 17.8. The molecule has 1 aromatic heterocycles. The summed E-state index contributed by atoms with van der Waals surface area (Å²) in [5.74, 6) is 0.866. The molecule has 8 nitrogen and oxygen atoms in total. The molecule has 1 amide bonds. The summed E-state index contributed by atoms with van der Waals surface area (Å²) in [5.41, 5.74) is 13.5. The second kappa shape index (κ2) is 7.43. The zero-order valence-corrected chi connectivity index (χ0v) is 14.3. The predicted molar refractivity (Wildman–Crippen MR) is 95.1 cm³/mol. The van der Waals surface area contributed by atoms with Gasteiger partial charge in [-0.05, 0) is 18.1 Å². The number of aryl methyl sites for hydroxylation is 1. The van der Waals surface area contributed by atoms with Crippen LogP contribution in [0.3, 0.4) is 0 Å². The Morgan fingerprint density at radius 2 is 2.12 bits per heavy atom. The molecule has 0 spiro atoms. The van der Waals surface area contributed by atoms with Gasteiger partial charge in [0.1, 0.15) is 6.54 Å². The second-order valence-corrected chi connectivity index (χ2v) is 6.25. The van der Waals surface area contributed by atoms with Gasteiger partial charge in [-0.25, -0.2) is 0 Å². The van der Waals surface area contributed by atoms with Crippen LogP contribution >= 0.6 is 0 Å². The first-order chi connectivity index (χ1) is 12.1. The van der Waals surface area contributed by atoms with Crippen molar-refractivity contribution < 1.29 is 9.69 Å². The molecule has 0 radical (unpaired) electrons. The van der Waals surface area contributed by atoms with Gasteiger partial charge < -0.3 is 21.7 Å². The van der Waals surface area contributed by atoms with Gasteiger partial charge in [0.05, 0.1) is 6.54 Å². The molecule has 25 heavy (non-hydrogen) atoms. The Morgan fingerprint density at radius 1 is 1.32 bits per heavy atom. The van der Waals surface area contributed by atoms with Gasteiger partial charge >= 0.3 is 0 Å². The van der Waals surface area contributed by atoms with Crippen LogP contribution in [0.5, 0.6) is 0 Å². The fraction of sp³-hybridized carbons (Fsp3) is 0.412. The van der Waals surface area contributed by atoms with Gasteiger partial charge in [0.25, 0.3) is 5.91 Å². The highest BCUT2D eigenvalue weighted by Gasteiger charge is 2.33. The Hall–Kier alpha value is -2.74. The number of para-hydroxylation sites is 1. The van der Waals surface area contributed by atoms with Crippen molar-refractivity contribution in [1.29, 1.82) is 0 Å². The molecule has 0 bridgehead atoms. The quantitative estimate of drug-likeness (QED) is 0.576. The normalized spacial score (nSPS) is 19.7. The molecule has 1 unspecified atom stereocenters. The minimum Gasteiger partial charge on any atom is -0.368 e. The molecule has 2 aromatic rings. The Kier molecular flexibility index (Phi) is 5.08. The zero-order valence-electron chi connectivity index (χ0n) is 14.3. The van der Waals surface area contributed by atoms with E-state index in [0.29, 0.717) is 18.3 Å². The summed E-state index contributed by atoms with van der Waals surface area (Å²) in [6.45, 7) is 3.47. The van der Waals surface area contributed by atoms with Crippen molar-refractivity contribution in [1.82, 2.24) is 15.0 Å². The number of rotatable bonds is 6. The summed E-state index contributed by atoms with van der Waals surface area (Å²) in [5, 5.41) is 3.22. The maximum absolute atomic E-state index is 11.6. The lowest BCUT2D eigenvalue weighted by Gasteiger charge is -2.18. The number of amides is 1. The largest absolute Gasteiger partial charge is 0.368 e. The number of anilines is 3. The monoisotopic (exact) mass is 342 g/mol. The summed E-state index contributed by atoms with van der Waals surface area (Å²) in [7, 11) is 0. The van der Waals surface area contributed by atoms with Gasteiger partial charge in [0.15, 0.2) is 11.9 Å². The molecule has 2 heterocycles. The molecule has 3 rings (SSSR count). The smallest absolute Gasteiger partial charge is 0.275 e. The number of primary amides is 1. The van der Waals surface area contributed by atoms with E-state index in [4.69, 9.17) is 11.5 Å². The molecular weight excluding hydrogens is 318 g/mol. The summed E-state index contributed by atoms with van der Waals surface area (Å²) in [6, 6.07) is 7.80. The van der Waals surface area contributed by atoms with E-state index in [1.165, 1.54) is 5.56 Å². The number of nitrogens with two attached hydrogens (primary N) is 2. The first-order valence-electron chi connectivity index (χ1n) is 8.56. The number of quaternary nitrogens is 1. The van der Waals surface area contributed by atoms with E-state index < -0.39 is 0 Å². The van der Waals surface area contributed by atoms with Crippen LogP contribution in [-0.2, 0) is 17.8 Å². The van der Waals surface area contributed by atoms with Crippen LogP contribution in [0.1, 0.15) is 31.2 Å². The highest BCUT2D eigenvalue weighted by atomic mass is 16.1. The highest BCUT2D eigenvalue weighted by Crippen LogP contribution is 2.19. The van der Waals surface area contributed by atoms with Gasteiger partial charge in [-0.1, -0.05) is 25.1 Å². The van der Waals surface area contributed by atoms with Gasteiger partial charge in [-0.15, -0.1) is 0 Å². The van der Waals surface area contributed by atoms with E-state index in [-0.39, 0.29) is 17.9 Å². The van der Waals surface area contributed by atoms with E-state index in [9.17, 15) is 4.79 Å². The third-order valence-electron chi connectivity index (χ3n) is 4.56. The van der Waals surface area contributed by atoms with Gasteiger partial charge in [0, 0.05) is 18.5 Å². The molecule has 1 fully saturated rings. The number of aromatic nitrogens is 3. The highest BCUT2D eigenvalue weighted by molar-refractivity contribution is 5.78. The summed E-state index contributed by atoms with van der Waals surface area (Å²) in [6.07, 6.45) is 2.67. The lowest BCUT2D eigenvalue weighted by Crippen LogP contribution is -3.13. The third kappa shape index (κ3) is 4.03. The van der Waals surface area contributed by atoms with Gasteiger partial charge in [-0.3, -0.25) is 4.79 Å². The minimum absolute atomic E-state index is 0.163. The molecule has 1 aliphatic heterocycles. The maximum atomic E-state index is 11.6. The maximum Gasteiger partial charge on any atom is 0.275 e. The number of nitrogen functional groups attached to an aromatic ring is 1. The van der Waals surface area contributed by atoms with Crippen molar-refractivity contribution in [3.8, 4) is 0 Å². The van der Waals surface area contributed by atoms with Gasteiger partial charge in [-0.2, -0.15) is 15.0 Å². The number of hydrogen-bond acceptors (Lipinski definition) is 6. The van der Waals surface area contributed by atoms with Crippen molar-refractivity contribution in [2.75, 3.05) is 17.6 Å². The first-order valence-corrected chi connectivity index (χ1v) is 8.56. The molecule has 6 N–H and O–H groups in total. The van der Waals surface area contributed by atoms with Crippen LogP contribution in [-0.4, -0.2) is 33.4 Å². The molecule has 132 valence electrons. The van der Waals surface area contributed by atoms with Crippen molar-refractivity contribution in [3.63, 3.8) is 0 Å². The van der Waals surface area contributed by atoms with Crippen molar-refractivity contribution in [2.45, 2.75) is 38.8 Å². The van der Waals surface area contributed by atoms with E-state index in [0.717, 1.165) is 36.4 Å². The molecular formula is C17H24N7O+. The number of likely N-dealkylation sites (tertiary alicyclic amines) is 1. The van der Waals surface area contributed by atoms with Crippen LogP contribution in [0.4, 0.5) is 17.6 Å². The number of nitrogens with zero attached hydrogens (tertiary/aromatic N) is 3. The Labute approximate surface area is 146 Å². The van der Waals surface area contributed by atoms with Gasteiger partial charge in [0.2, 0.25) is 11.9 Å². The Bertz CT molecular complexity index is 764. The fourth-order valence-electron chi connectivity index (χ4n) is 3.31. The second-order valence-electron chi connectivity index (χ2n) is 6.25. The molecule has 1 aliphatic rings. The standard InChI is InChI=1S/C17H23N7O/c1-2-11-6-3-4-7-12(11)20-17-22-14(21-16(19)23-17)10-24-9-5-8-13(24)15(18)25/h3-4,6-7,13H,2,5,8-10H2,1H3,(H2,18,25)(H3,19,20,21,22,23)/p+1/t13-/m0/s1. The predicted octanol–water partition coefficient (Wildman–Crippen LogP) is -0.208. The Balaban J connectivity index is 1.80. The number of hydrogen-bond donors (Lipinski definition) is 4. The van der Waals surface area contributed by atoms with Crippen LogP contribution in [0, 0.1) is 0 Å². The van der Waals surface area contributed by atoms with Crippen LogP contribution < -0.4 is 21.7 Å². The summed E-state index contributed by atoms with van der Waals surface area (Å²) in [4.78, 5) is 25.5. The van der Waals surface area contributed by atoms with E-state index in [1.807, 2.05) is 18.2 Å². The van der Waals surface area contributed by atoms with Crippen molar-refractivity contribution in [2.24, 2.45) is 5.73 Å². The molecule has 0 aliphatic carbocycles. The van der Waals surface area contributed by atoms with Crippen molar-refractivity contribution in [3.05, 3.63) is 35.7 Å². The van der Waals surface area contributed by atoms with Crippen LogP contribution in [0.15, 0.2) is 24.3 Å². The topological polar surface area (TPSA) is 124 Å². The first kappa shape index (κ1) is 17.1. The molecule has 8 heteroatoms. The van der Waals surface area contributed by atoms with E-state index >= 15 is 0 Å². The van der Waals surface area contributed by atoms with E-state index in [1.54, 1.807) is 0 Å². The van der Waals surface area contributed by atoms with Crippen LogP contribution in [0.2, 0.25) is 0 Å². The molecule has 2 atom stereocenters. The van der Waals surface area contributed by atoms with Crippen molar-refractivity contribution >= 4 is 23.5 Å². The number of benzene rings is 1. The third-order valence-corrected chi connectivity index (χ3v) is 4.56. The SMILES string of the molecule is CCc1ccccc1Nc1nc(N)nc(C[NH+]2CCC[C@H]2C(N)=O)n1. The average molecular weight is 342 g/mol. The Morgan fingerprint density at radius 3 is 2.88 bits per heavy atom. The van der Waals surface area contributed by atoms with E-state index in [2.05, 4.69) is 33.3 Å². The molecule has 1 aromatic carbocycles. The lowest BCUT2D eigenvalue weighted by molar-refractivity contribution is -0.917. The summed E-state index contributed by atoms with van der Waals surface area (Å²) >= 11 is 0. The number of carbonyl (C=O) groups is 1. The summed E-state index contributed by atoms with van der Waals surface area (Å²) < 4.78 is 0.